The van der Waals surface area contributed by atoms with Crippen LogP contribution in [0.4, 0.5) is 5.69 Å². The van der Waals surface area contributed by atoms with Gasteiger partial charge in [-0.05, 0) is 56.4 Å². The summed E-state index contributed by atoms with van der Waals surface area (Å²) in [5.74, 6) is -0.337. The highest BCUT2D eigenvalue weighted by Crippen LogP contribution is 2.41. The predicted octanol–water partition coefficient (Wildman–Crippen LogP) is 2.06. The highest BCUT2D eigenvalue weighted by atomic mass is 16.1. The molecule has 4 nitrogen and oxygen atoms in total. The largest absolute Gasteiger partial charge is 0.369 e. The maximum atomic E-state index is 11.7. The number of amides is 1. The third-order valence-corrected chi connectivity index (χ3v) is 4.81. The number of primary amides is 1. The maximum Gasteiger partial charge on any atom is 0.249 e. The molecule has 1 amide bonds. The Morgan fingerprint density at radius 1 is 1.33 bits per heavy atom. The minimum absolute atomic E-state index is 0.233. The van der Waals surface area contributed by atoms with Gasteiger partial charge in [-0.2, -0.15) is 0 Å². The number of piperidine rings is 1. The number of fused-ring (bicyclic) bond motifs is 1. The van der Waals surface area contributed by atoms with Gasteiger partial charge in [0, 0.05) is 35.9 Å². The molecule has 0 bridgehead atoms. The van der Waals surface area contributed by atoms with Gasteiger partial charge in [0.05, 0.1) is 0 Å². The lowest BCUT2D eigenvalue weighted by Crippen LogP contribution is -2.43. The van der Waals surface area contributed by atoms with Gasteiger partial charge in [-0.3, -0.25) is 4.79 Å². The van der Waals surface area contributed by atoms with Crippen LogP contribution in [-0.4, -0.2) is 25.0 Å². The van der Waals surface area contributed by atoms with Gasteiger partial charge in [0.2, 0.25) is 5.91 Å². The van der Waals surface area contributed by atoms with E-state index in [1.807, 2.05) is 12.1 Å². The van der Waals surface area contributed by atoms with Crippen molar-refractivity contribution in [2.45, 2.75) is 39.2 Å². The van der Waals surface area contributed by atoms with Crippen LogP contribution in [0.1, 0.15) is 48.2 Å². The van der Waals surface area contributed by atoms with Crippen LogP contribution in [0.3, 0.4) is 0 Å². The zero-order chi connectivity index (χ0) is 15.1. The van der Waals surface area contributed by atoms with Crippen molar-refractivity contribution in [2.24, 2.45) is 11.5 Å². The second-order valence-corrected chi connectivity index (χ2v) is 6.28. The standard InChI is InChI=1S/C17H23N3O/c1-10-8-14-13(17(19)21)5-6-15(16(14)11(10)2)20-7-3-4-12(18)9-20/h5-6,12H,3-4,7-9,18H2,1-2H3,(H2,19,21). The molecule has 1 saturated heterocycles. The second-order valence-electron chi connectivity index (χ2n) is 6.28. The second kappa shape index (κ2) is 5.19. The average Bonchev–Trinajstić information content (AvgIpc) is 2.74. The normalized spacial score (nSPS) is 21.7. The molecule has 4 N–H and O–H groups in total. The molecule has 1 atom stereocenters. The fourth-order valence-electron chi connectivity index (χ4n) is 3.57. The summed E-state index contributed by atoms with van der Waals surface area (Å²) >= 11 is 0. The Morgan fingerprint density at radius 3 is 2.76 bits per heavy atom. The van der Waals surface area contributed by atoms with Crippen molar-refractivity contribution in [2.75, 3.05) is 18.0 Å². The van der Waals surface area contributed by atoms with Crippen LogP contribution < -0.4 is 16.4 Å². The van der Waals surface area contributed by atoms with Gasteiger partial charge in [0.1, 0.15) is 0 Å². The average molecular weight is 285 g/mol. The molecule has 2 aliphatic rings. The lowest BCUT2D eigenvalue weighted by Gasteiger charge is -2.34. The fourth-order valence-corrected chi connectivity index (χ4v) is 3.57. The number of allylic oxidation sites excluding steroid dienone is 2. The van der Waals surface area contributed by atoms with E-state index >= 15 is 0 Å². The first kappa shape index (κ1) is 14.1. The summed E-state index contributed by atoms with van der Waals surface area (Å²) in [4.78, 5) is 14.0. The molecular formula is C17H23N3O. The van der Waals surface area contributed by atoms with Crippen LogP contribution in [0, 0.1) is 0 Å². The van der Waals surface area contributed by atoms with E-state index < -0.39 is 0 Å². The Balaban J connectivity index is 2.10. The summed E-state index contributed by atoms with van der Waals surface area (Å²) in [7, 11) is 0. The quantitative estimate of drug-likeness (QED) is 0.873. The number of carbonyl (C=O) groups excluding carboxylic acids is 1. The zero-order valence-corrected chi connectivity index (χ0v) is 12.8. The summed E-state index contributed by atoms with van der Waals surface area (Å²) < 4.78 is 0. The summed E-state index contributed by atoms with van der Waals surface area (Å²) in [6, 6.07) is 4.15. The van der Waals surface area contributed by atoms with E-state index in [4.69, 9.17) is 11.5 Å². The minimum Gasteiger partial charge on any atom is -0.369 e. The molecule has 1 aromatic carbocycles. The van der Waals surface area contributed by atoms with Gasteiger partial charge >= 0.3 is 0 Å². The van der Waals surface area contributed by atoms with Crippen LogP contribution >= 0.6 is 0 Å². The van der Waals surface area contributed by atoms with Crippen LogP contribution in [0.15, 0.2) is 17.7 Å². The molecule has 21 heavy (non-hydrogen) atoms. The van der Waals surface area contributed by atoms with Crippen molar-refractivity contribution in [1.82, 2.24) is 0 Å². The highest BCUT2D eigenvalue weighted by molar-refractivity contribution is 5.99. The SMILES string of the molecule is CC1=C(C)c2c(N3CCCC(N)C3)ccc(C(N)=O)c2C1. The number of nitrogens with zero attached hydrogens (tertiary/aromatic N) is 1. The minimum atomic E-state index is -0.337. The lowest BCUT2D eigenvalue weighted by atomic mass is 9.96. The van der Waals surface area contributed by atoms with E-state index in [9.17, 15) is 4.79 Å². The van der Waals surface area contributed by atoms with Gasteiger partial charge < -0.3 is 16.4 Å². The molecule has 0 aromatic heterocycles. The van der Waals surface area contributed by atoms with Crippen molar-refractivity contribution in [1.29, 1.82) is 0 Å². The molecule has 1 heterocycles. The first-order valence-corrected chi connectivity index (χ1v) is 7.62. The number of benzene rings is 1. The first-order chi connectivity index (χ1) is 9.99. The van der Waals surface area contributed by atoms with Gasteiger partial charge in [-0.1, -0.05) is 5.57 Å². The molecular weight excluding hydrogens is 262 g/mol. The Kier molecular flexibility index (Phi) is 3.49. The molecule has 1 unspecified atom stereocenters. The Labute approximate surface area is 125 Å². The Morgan fingerprint density at radius 2 is 2.10 bits per heavy atom. The molecule has 1 aliphatic heterocycles. The predicted molar refractivity (Wildman–Crippen MR) is 86.4 cm³/mol. The van der Waals surface area contributed by atoms with Crippen LogP contribution in [0.5, 0.6) is 0 Å². The van der Waals surface area contributed by atoms with E-state index in [2.05, 4.69) is 18.7 Å². The summed E-state index contributed by atoms with van der Waals surface area (Å²) in [6.07, 6.45) is 3.04. The van der Waals surface area contributed by atoms with E-state index in [-0.39, 0.29) is 11.9 Å². The van der Waals surface area contributed by atoms with E-state index in [1.54, 1.807) is 0 Å². The van der Waals surface area contributed by atoms with Crippen molar-refractivity contribution >= 4 is 17.2 Å². The van der Waals surface area contributed by atoms with Crippen LogP contribution in [-0.2, 0) is 6.42 Å². The Hall–Kier alpha value is -1.81. The van der Waals surface area contributed by atoms with E-state index in [1.165, 1.54) is 22.4 Å². The van der Waals surface area contributed by atoms with Crippen molar-refractivity contribution < 1.29 is 4.79 Å². The monoisotopic (exact) mass is 285 g/mol. The topological polar surface area (TPSA) is 72.3 Å². The Bertz CT molecular complexity index is 633. The fraction of sp³-hybridized carbons (Fsp3) is 0.471. The van der Waals surface area contributed by atoms with E-state index in [0.29, 0.717) is 5.56 Å². The van der Waals surface area contributed by atoms with Crippen LogP contribution in [0.2, 0.25) is 0 Å². The molecule has 0 spiro atoms. The first-order valence-electron chi connectivity index (χ1n) is 7.62. The van der Waals surface area contributed by atoms with Gasteiger partial charge in [0.25, 0.3) is 0 Å². The maximum absolute atomic E-state index is 11.7. The molecule has 1 fully saturated rings. The molecule has 1 aromatic rings. The molecule has 0 radical (unpaired) electrons. The molecule has 0 saturated carbocycles. The van der Waals surface area contributed by atoms with Gasteiger partial charge in [0.15, 0.2) is 0 Å². The third kappa shape index (κ3) is 2.33. The number of hydrogen-bond acceptors (Lipinski definition) is 3. The molecule has 4 heteroatoms. The van der Waals surface area contributed by atoms with Crippen molar-refractivity contribution in [3.05, 3.63) is 34.4 Å². The molecule has 1 aliphatic carbocycles. The zero-order valence-electron chi connectivity index (χ0n) is 12.8. The number of carbonyl (C=O) groups is 1. The number of anilines is 1. The summed E-state index contributed by atoms with van der Waals surface area (Å²) in [6.45, 7) is 6.18. The molecule has 3 rings (SSSR count). The summed E-state index contributed by atoms with van der Waals surface area (Å²) in [5, 5.41) is 0. The number of rotatable bonds is 2. The smallest absolute Gasteiger partial charge is 0.249 e. The van der Waals surface area contributed by atoms with E-state index in [0.717, 1.165) is 37.9 Å². The molecule has 112 valence electrons. The number of hydrogen-bond donors (Lipinski definition) is 2. The number of nitrogens with two attached hydrogens (primary N) is 2. The lowest BCUT2D eigenvalue weighted by molar-refractivity contribution is 0.0999. The summed E-state index contributed by atoms with van der Waals surface area (Å²) in [5.41, 5.74) is 18.4. The van der Waals surface area contributed by atoms with Gasteiger partial charge in [-0.25, -0.2) is 0 Å². The van der Waals surface area contributed by atoms with Crippen molar-refractivity contribution in [3.63, 3.8) is 0 Å². The third-order valence-electron chi connectivity index (χ3n) is 4.81. The van der Waals surface area contributed by atoms with Crippen molar-refractivity contribution in [3.8, 4) is 0 Å². The van der Waals surface area contributed by atoms with Crippen LogP contribution in [0.25, 0.3) is 5.57 Å². The van der Waals surface area contributed by atoms with Gasteiger partial charge in [-0.15, -0.1) is 0 Å². The highest BCUT2D eigenvalue weighted by Gasteiger charge is 2.27.